The Kier molecular flexibility index (Phi) is 6.49. The lowest BCUT2D eigenvalue weighted by atomic mass is 10.1. The van der Waals surface area contributed by atoms with E-state index < -0.39 is 0 Å². The molecule has 0 atom stereocenters. The lowest BCUT2D eigenvalue weighted by Crippen LogP contribution is -2.21. The van der Waals surface area contributed by atoms with Crippen molar-refractivity contribution in [1.82, 2.24) is 0 Å². The van der Waals surface area contributed by atoms with Crippen molar-refractivity contribution in [1.29, 1.82) is 0 Å². The highest BCUT2D eigenvalue weighted by atomic mass is 32.2. The fourth-order valence-corrected chi connectivity index (χ4v) is 3.09. The van der Waals surface area contributed by atoms with E-state index >= 15 is 0 Å². The van der Waals surface area contributed by atoms with Gasteiger partial charge < -0.3 is 11.1 Å². The van der Waals surface area contributed by atoms with Gasteiger partial charge in [-0.1, -0.05) is 43.3 Å². The topological polar surface area (TPSA) is 55.1 Å². The van der Waals surface area contributed by atoms with Crippen molar-refractivity contribution in [2.24, 2.45) is 5.73 Å². The third kappa shape index (κ3) is 5.20. The molecule has 1 amide bonds. The largest absolute Gasteiger partial charge is 0.325 e. The standard InChI is InChI=1S/C18H22N2OS/c1-2-3-6-14-7-4-9-16(11-14)22-17-10-5-8-15(12-17)20-18(21)13-19/h4-5,7-12H,2-3,6,13,19H2,1H3,(H,20,21). The molecular formula is C18H22N2OS. The zero-order chi connectivity index (χ0) is 15.8. The van der Waals surface area contributed by atoms with Gasteiger partial charge in [0.15, 0.2) is 0 Å². The quantitative estimate of drug-likeness (QED) is 0.809. The lowest BCUT2D eigenvalue weighted by Gasteiger charge is -2.08. The van der Waals surface area contributed by atoms with Gasteiger partial charge in [0.25, 0.3) is 0 Å². The first-order valence-corrected chi connectivity index (χ1v) is 8.39. The second-order valence-corrected chi connectivity index (χ2v) is 6.28. The molecular weight excluding hydrogens is 292 g/mol. The third-order valence-electron chi connectivity index (χ3n) is 3.26. The number of nitrogens with one attached hydrogen (secondary N) is 1. The van der Waals surface area contributed by atoms with Crippen LogP contribution in [0.15, 0.2) is 58.3 Å². The van der Waals surface area contributed by atoms with Gasteiger partial charge in [0.05, 0.1) is 6.54 Å². The van der Waals surface area contributed by atoms with Crippen LogP contribution < -0.4 is 11.1 Å². The predicted octanol–water partition coefficient (Wildman–Crippen LogP) is 4.08. The van der Waals surface area contributed by atoms with Crippen molar-refractivity contribution in [3.05, 3.63) is 54.1 Å². The number of rotatable bonds is 7. The highest BCUT2D eigenvalue weighted by molar-refractivity contribution is 7.99. The first-order chi connectivity index (χ1) is 10.7. The Labute approximate surface area is 136 Å². The van der Waals surface area contributed by atoms with Gasteiger partial charge in [-0.2, -0.15) is 0 Å². The van der Waals surface area contributed by atoms with Crippen molar-refractivity contribution >= 4 is 23.4 Å². The first-order valence-electron chi connectivity index (χ1n) is 7.58. The molecule has 0 bridgehead atoms. The summed E-state index contributed by atoms with van der Waals surface area (Å²) in [5.41, 5.74) is 7.48. The summed E-state index contributed by atoms with van der Waals surface area (Å²) in [5, 5.41) is 2.78. The molecule has 0 aliphatic rings. The van der Waals surface area contributed by atoms with Gasteiger partial charge in [-0.25, -0.2) is 0 Å². The molecule has 0 heterocycles. The Morgan fingerprint density at radius 3 is 2.59 bits per heavy atom. The number of benzene rings is 2. The molecule has 0 spiro atoms. The van der Waals surface area contributed by atoms with E-state index in [4.69, 9.17) is 5.73 Å². The molecule has 0 saturated carbocycles. The summed E-state index contributed by atoms with van der Waals surface area (Å²) in [6, 6.07) is 16.5. The van der Waals surface area contributed by atoms with Crippen LogP contribution in [0, 0.1) is 0 Å². The minimum Gasteiger partial charge on any atom is -0.325 e. The molecule has 2 aromatic carbocycles. The molecule has 0 saturated heterocycles. The molecule has 0 aliphatic heterocycles. The van der Waals surface area contributed by atoms with Gasteiger partial charge >= 0.3 is 0 Å². The van der Waals surface area contributed by atoms with Crippen molar-refractivity contribution in [2.75, 3.05) is 11.9 Å². The Bertz CT molecular complexity index is 628. The monoisotopic (exact) mass is 314 g/mol. The van der Waals surface area contributed by atoms with E-state index in [1.807, 2.05) is 24.3 Å². The second kappa shape index (κ2) is 8.61. The van der Waals surface area contributed by atoms with E-state index in [1.54, 1.807) is 11.8 Å². The molecule has 3 nitrogen and oxygen atoms in total. The van der Waals surface area contributed by atoms with Crippen molar-refractivity contribution < 1.29 is 4.79 Å². The van der Waals surface area contributed by atoms with Crippen LogP contribution in [-0.2, 0) is 11.2 Å². The molecule has 4 heteroatoms. The summed E-state index contributed by atoms with van der Waals surface area (Å²) in [5.74, 6) is -0.177. The Hall–Kier alpha value is -1.78. The highest BCUT2D eigenvalue weighted by Gasteiger charge is 2.03. The van der Waals surface area contributed by atoms with E-state index in [1.165, 1.54) is 23.3 Å². The van der Waals surface area contributed by atoms with Crippen LogP contribution in [0.5, 0.6) is 0 Å². The summed E-state index contributed by atoms with van der Waals surface area (Å²) in [4.78, 5) is 13.7. The van der Waals surface area contributed by atoms with Crippen molar-refractivity contribution in [3.63, 3.8) is 0 Å². The van der Waals surface area contributed by atoms with Crippen LogP contribution in [0.2, 0.25) is 0 Å². The average Bonchev–Trinajstić information content (AvgIpc) is 2.53. The summed E-state index contributed by atoms with van der Waals surface area (Å²) < 4.78 is 0. The molecule has 3 N–H and O–H groups in total. The van der Waals surface area contributed by atoms with Crippen LogP contribution in [-0.4, -0.2) is 12.5 Å². The van der Waals surface area contributed by atoms with E-state index in [-0.39, 0.29) is 12.5 Å². The molecule has 0 fully saturated rings. The Morgan fingerprint density at radius 2 is 1.86 bits per heavy atom. The minimum atomic E-state index is -0.177. The molecule has 0 aromatic heterocycles. The van der Waals surface area contributed by atoms with Crippen LogP contribution in [0.25, 0.3) is 0 Å². The molecule has 22 heavy (non-hydrogen) atoms. The minimum absolute atomic E-state index is 0.00313. The van der Waals surface area contributed by atoms with E-state index in [2.05, 4.69) is 36.5 Å². The number of carbonyl (C=O) groups excluding carboxylic acids is 1. The van der Waals surface area contributed by atoms with Crippen molar-refractivity contribution in [2.45, 2.75) is 36.0 Å². The fourth-order valence-electron chi connectivity index (χ4n) is 2.13. The second-order valence-electron chi connectivity index (χ2n) is 5.13. The van der Waals surface area contributed by atoms with Crippen LogP contribution >= 0.6 is 11.8 Å². The SMILES string of the molecule is CCCCc1cccc(Sc2cccc(NC(=O)CN)c2)c1. The molecule has 2 aromatic rings. The zero-order valence-electron chi connectivity index (χ0n) is 12.8. The predicted molar refractivity (Wildman–Crippen MR) is 93.3 cm³/mol. The average molecular weight is 314 g/mol. The van der Waals surface area contributed by atoms with Crippen molar-refractivity contribution in [3.8, 4) is 0 Å². The Balaban J connectivity index is 2.07. The van der Waals surface area contributed by atoms with Gasteiger partial charge in [0.1, 0.15) is 0 Å². The van der Waals surface area contributed by atoms with E-state index in [0.717, 1.165) is 17.0 Å². The van der Waals surface area contributed by atoms with Crippen LogP contribution in [0.4, 0.5) is 5.69 Å². The Morgan fingerprint density at radius 1 is 1.14 bits per heavy atom. The van der Waals surface area contributed by atoms with Crippen LogP contribution in [0.1, 0.15) is 25.3 Å². The molecule has 0 unspecified atom stereocenters. The van der Waals surface area contributed by atoms with E-state index in [0.29, 0.717) is 0 Å². The van der Waals surface area contributed by atoms with Gasteiger partial charge in [-0.15, -0.1) is 0 Å². The zero-order valence-corrected chi connectivity index (χ0v) is 13.7. The molecule has 116 valence electrons. The maximum absolute atomic E-state index is 11.4. The summed E-state index contributed by atoms with van der Waals surface area (Å²) >= 11 is 1.70. The molecule has 0 aliphatic carbocycles. The maximum atomic E-state index is 11.4. The number of carbonyl (C=O) groups is 1. The molecule has 0 radical (unpaired) electrons. The summed E-state index contributed by atoms with van der Waals surface area (Å²) in [6.07, 6.45) is 3.55. The molecule has 2 rings (SSSR count). The third-order valence-corrected chi connectivity index (χ3v) is 4.24. The lowest BCUT2D eigenvalue weighted by molar-refractivity contribution is -0.114. The maximum Gasteiger partial charge on any atom is 0.238 e. The smallest absolute Gasteiger partial charge is 0.238 e. The summed E-state index contributed by atoms with van der Waals surface area (Å²) in [7, 11) is 0. The van der Waals surface area contributed by atoms with Gasteiger partial charge in [0.2, 0.25) is 5.91 Å². The number of hydrogen-bond donors (Lipinski definition) is 2. The number of unbranched alkanes of at least 4 members (excludes halogenated alkanes) is 1. The number of aryl methyl sites for hydroxylation is 1. The summed E-state index contributed by atoms with van der Waals surface area (Å²) in [6.45, 7) is 2.20. The highest BCUT2D eigenvalue weighted by Crippen LogP contribution is 2.30. The first kappa shape index (κ1) is 16.6. The fraction of sp³-hybridized carbons (Fsp3) is 0.278. The van der Waals surface area contributed by atoms with Crippen LogP contribution in [0.3, 0.4) is 0 Å². The van der Waals surface area contributed by atoms with Gasteiger partial charge in [-0.05, 0) is 48.7 Å². The number of nitrogens with two attached hydrogens (primary N) is 1. The van der Waals surface area contributed by atoms with E-state index in [9.17, 15) is 4.79 Å². The van der Waals surface area contributed by atoms with Gasteiger partial charge in [0, 0.05) is 15.5 Å². The number of amides is 1. The number of anilines is 1. The van der Waals surface area contributed by atoms with Gasteiger partial charge in [-0.3, -0.25) is 4.79 Å². The normalized spacial score (nSPS) is 10.5. The number of hydrogen-bond acceptors (Lipinski definition) is 3.